The third kappa shape index (κ3) is 1.86. The van der Waals surface area contributed by atoms with Crippen LogP contribution in [-0.4, -0.2) is 22.3 Å². The molecule has 0 aliphatic heterocycles. The Bertz CT molecular complexity index is 1060. The summed E-state index contributed by atoms with van der Waals surface area (Å²) in [6.07, 6.45) is 5.31. The Morgan fingerprint density at radius 2 is 1.83 bits per heavy atom. The molecule has 0 radical (unpaired) electrons. The highest BCUT2D eigenvalue weighted by Crippen LogP contribution is 2.38. The molecule has 0 saturated carbocycles. The predicted molar refractivity (Wildman–Crippen MR) is 95.4 cm³/mol. The average molecular weight is 315 g/mol. The number of rotatable bonds is 2. The number of ether oxygens (including phenoxy) is 1. The molecule has 0 atom stereocenters. The fourth-order valence-electron chi connectivity index (χ4n) is 3.87. The fourth-order valence-corrected chi connectivity index (χ4v) is 3.87. The molecule has 2 aromatic heterocycles. The molecule has 2 heterocycles. The molecule has 0 bridgehead atoms. The quantitative estimate of drug-likeness (QED) is 0.601. The first-order valence-electron chi connectivity index (χ1n) is 8.27. The highest BCUT2D eigenvalue weighted by molar-refractivity contribution is 6.07. The minimum absolute atomic E-state index is 0.872. The minimum atomic E-state index is 0.872. The second-order valence-electron chi connectivity index (χ2n) is 6.29. The molecule has 4 heteroatoms. The normalized spacial score (nSPS) is 13.5. The van der Waals surface area contributed by atoms with Crippen LogP contribution in [0, 0.1) is 0 Å². The van der Waals surface area contributed by atoms with Crippen molar-refractivity contribution >= 4 is 21.8 Å². The Labute approximate surface area is 139 Å². The Hall–Kier alpha value is -2.88. The van der Waals surface area contributed by atoms with Gasteiger partial charge in [0, 0.05) is 16.3 Å². The number of aryl methyl sites for hydroxylation is 1. The summed E-state index contributed by atoms with van der Waals surface area (Å²) >= 11 is 0. The van der Waals surface area contributed by atoms with E-state index in [1.807, 2.05) is 18.3 Å². The number of hydrogen-bond acceptors (Lipinski definition) is 3. The molecule has 0 saturated heterocycles. The Morgan fingerprint density at radius 1 is 1.00 bits per heavy atom. The summed E-state index contributed by atoms with van der Waals surface area (Å²) in [6.45, 7) is 0. The van der Waals surface area contributed by atoms with Gasteiger partial charge in [-0.25, -0.2) is 4.98 Å². The highest BCUT2D eigenvalue weighted by atomic mass is 16.5. The Morgan fingerprint density at radius 3 is 2.67 bits per heavy atom. The van der Waals surface area contributed by atoms with Crippen LogP contribution in [0.4, 0.5) is 0 Å². The molecule has 1 aliphatic carbocycles. The zero-order chi connectivity index (χ0) is 16.1. The molecule has 0 spiro atoms. The fraction of sp³-hybridized carbons (Fsp3) is 0.200. The van der Waals surface area contributed by atoms with Gasteiger partial charge in [-0.1, -0.05) is 0 Å². The summed E-state index contributed by atoms with van der Waals surface area (Å²) in [7, 11) is 1.69. The van der Waals surface area contributed by atoms with E-state index < -0.39 is 0 Å². The third-order valence-corrected chi connectivity index (χ3v) is 5.00. The first-order valence-corrected chi connectivity index (χ1v) is 8.27. The average Bonchev–Trinajstić information content (AvgIpc) is 3.29. The Kier molecular flexibility index (Phi) is 2.86. The summed E-state index contributed by atoms with van der Waals surface area (Å²) in [6, 6.07) is 12.4. The molecule has 0 unspecified atom stereocenters. The van der Waals surface area contributed by atoms with Crippen LogP contribution in [0.2, 0.25) is 0 Å². The van der Waals surface area contributed by atoms with Gasteiger partial charge in [0.1, 0.15) is 5.75 Å². The van der Waals surface area contributed by atoms with E-state index in [1.165, 1.54) is 28.3 Å². The maximum absolute atomic E-state index is 5.28. The van der Waals surface area contributed by atoms with E-state index in [1.54, 1.807) is 7.11 Å². The zero-order valence-corrected chi connectivity index (χ0v) is 13.5. The van der Waals surface area contributed by atoms with Crippen LogP contribution in [-0.2, 0) is 12.8 Å². The number of benzene rings is 2. The van der Waals surface area contributed by atoms with Crippen LogP contribution in [0.1, 0.15) is 17.5 Å². The van der Waals surface area contributed by atoms with Crippen LogP contribution < -0.4 is 4.74 Å². The van der Waals surface area contributed by atoms with E-state index in [0.29, 0.717) is 0 Å². The second kappa shape index (κ2) is 5.06. The van der Waals surface area contributed by atoms with Gasteiger partial charge in [-0.2, -0.15) is 5.10 Å². The largest absolute Gasteiger partial charge is 0.497 e. The molecular weight excluding hydrogens is 298 g/mol. The Balaban J connectivity index is 1.82. The van der Waals surface area contributed by atoms with Gasteiger partial charge < -0.3 is 4.74 Å². The molecule has 118 valence electrons. The molecule has 2 aromatic carbocycles. The number of hydrogen-bond donors (Lipinski definition) is 1. The molecule has 5 rings (SSSR count). The van der Waals surface area contributed by atoms with Gasteiger partial charge in [-0.05, 0) is 66.8 Å². The molecule has 24 heavy (non-hydrogen) atoms. The molecule has 1 N–H and O–H groups in total. The summed E-state index contributed by atoms with van der Waals surface area (Å²) in [5, 5.41) is 9.73. The number of aromatic nitrogens is 3. The van der Waals surface area contributed by atoms with Crippen molar-refractivity contribution in [2.45, 2.75) is 19.3 Å². The lowest BCUT2D eigenvalue weighted by molar-refractivity contribution is 0.415. The van der Waals surface area contributed by atoms with Crippen LogP contribution >= 0.6 is 0 Å². The molecule has 0 amide bonds. The van der Waals surface area contributed by atoms with Gasteiger partial charge in [0.05, 0.1) is 30.0 Å². The van der Waals surface area contributed by atoms with Gasteiger partial charge >= 0.3 is 0 Å². The van der Waals surface area contributed by atoms with E-state index in [4.69, 9.17) is 9.72 Å². The first-order chi connectivity index (χ1) is 11.8. The number of pyridine rings is 1. The van der Waals surface area contributed by atoms with Crippen LogP contribution in [0.25, 0.3) is 33.1 Å². The number of nitrogens with zero attached hydrogens (tertiary/aromatic N) is 2. The summed E-state index contributed by atoms with van der Waals surface area (Å²) in [5.74, 6) is 0.872. The third-order valence-electron chi connectivity index (χ3n) is 5.00. The lowest BCUT2D eigenvalue weighted by Crippen LogP contribution is -1.96. The van der Waals surface area contributed by atoms with Crippen molar-refractivity contribution in [3.8, 4) is 17.0 Å². The SMILES string of the molecule is COc1ccc(-c2nc3ccc4[nH]ncc4c3c3c2CCC3)cc1. The lowest BCUT2D eigenvalue weighted by atomic mass is 9.97. The summed E-state index contributed by atoms with van der Waals surface area (Å²) in [5.41, 5.74) is 7.23. The van der Waals surface area contributed by atoms with Crippen molar-refractivity contribution in [2.24, 2.45) is 0 Å². The molecule has 0 fully saturated rings. The van der Waals surface area contributed by atoms with Gasteiger partial charge in [-0.15, -0.1) is 0 Å². The molecule has 4 nitrogen and oxygen atoms in total. The first kappa shape index (κ1) is 13.5. The number of nitrogens with one attached hydrogen (secondary N) is 1. The lowest BCUT2D eigenvalue weighted by Gasteiger charge is -2.12. The standard InChI is InChI=1S/C20H17N3O/c1-24-13-7-5-12(6-8-13)20-15-4-2-3-14(15)19-16-11-21-23-17(16)9-10-18(19)22-20/h5-11H,2-4H2,1H3,(H,21,23). The van der Waals surface area contributed by atoms with E-state index in [0.717, 1.165) is 40.9 Å². The van der Waals surface area contributed by atoms with Gasteiger partial charge in [0.15, 0.2) is 0 Å². The molecule has 4 aromatic rings. The monoisotopic (exact) mass is 315 g/mol. The number of H-pyrrole nitrogens is 1. The number of fused-ring (bicyclic) bond motifs is 5. The topological polar surface area (TPSA) is 50.8 Å². The van der Waals surface area contributed by atoms with Crippen molar-refractivity contribution in [3.05, 3.63) is 53.7 Å². The van der Waals surface area contributed by atoms with E-state index in [-0.39, 0.29) is 0 Å². The van der Waals surface area contributed by atoms with E-state index >= 15 is 0 Å². The minimum Gasteiger partial charge on any atom is -0.497 e. The van der Waals surface area contributed by atoms with Crippen LogP contribution in [0.15, 0.2) is 42.6 Å². The van der Waals surface area contributed by atoms with Crippen molar-refractivity contribution in [2.75, 3.05) is 7.11 Å². The number of methoxy groups -OCH3 is 1. The van der Waals surface area contributed by atoms with Gasteiger partial charge in [0.25, 0.3) is 0 Å². The van der Waals surface area contributed by atoms with Crippen molar-refractivity contribution < 1.29 is 4.74 Å². The predicted octanol–water partition coefficient (Wildman–Crippen LogP) is 4.28. The van der Waals surface area contributed by atoms with Crippen molar-refractivity contribution in [3.63, 3.8) is 0 Å². The van der Waals surface area contributed by atoms with E-state index in [9.17, 15) is 0 Å². The van der Waals surface area contributed by atoms with Crippen molar-refractivity contribution in [1.82, 2.24) is 15.2 Å². The van der Waals surface area contributed by atoms with Crippen LogP contribution in [0.5, 0.6) is 5.75 Å². The van der Waals surface area contributed by atoms with E-state index in [2.05, 4.69) is 34.5 Å². The van der Waals surface area contributed by atoms with Crippen molar-refractivity contribution in [1.29, 1.82) is 0 Å². The zero-order valence-electron chi connectivity index (χ0n) is 13.5. The number of aromatic amines is 1. The van der Waals surface area contributed by atoms with Crippen LogP contribution in [0.3, 0.4) is 0 Å². The molecule has 1 aliphatic rings. The molecular formula is C20H17N3O. The van der Waals surface area contributed by atoms with Gasteiger partial charge in [-0.3, -0.25) is 5.10 Å². The maximum atomic E-state index is 5.28. The highest BCUT2D eigenvalue weighted by Gasteiger charge is 2.22. The maximum Gasteiger partial charge on any atom is 0.118 e. The van der Waals surface area contributed by atoms with Gasteiger partial charge in [0.2, 0.25) is 0 Å². The summed E-state index contributed by atoms with van der Waals surface area (Å²) in [4.78, 5) is 5.02. The second-order valence-corrected chi connectivity index (χ2v) is 6.29. The smallest absolute Gasteiger partial charge is 0.118 e. The summed E-state index contributed by atoms with van der Waals surface area (Å²) < 4.78 is 5.28.